The van der Waals surface area contributed by atoms with E-state index in [1.807, 2.05) is 23.9 Å². The van der Waals surface area contributed by atoms with Crippen LogP contribution in [0, 0.1) is 11.3 Å². The molecule has 0 bridgehead atoms. The van der Waals surface area contributed by atoms with Gasteiger partial charge in [0.15, 0.2) is 0 Å². The van der Waals surface area contributed by atoms with Gasteiger partial charge in [0, 0.05) is 11.4 Å². The van der Waals surface area contributed by atoms with Crippen LogP contribution in [0.2, 0.25) is 0 Å². The number of benzene rings is 2. The summed E-state index contributed by atoms with van der Waals surface area (Å²) in [6.07, 6.45) is 2.20. The highest BCUT2D eigenvalue weighted by Crippen LogP contribution is 2.30. The first-order valence-corrected chi connectivity index (χ1v) is 9.80. The number of hydrogen-bond acceptors (Lipinski definition) is 4. The Bertz CT molecular complexity index is 870. The molecule has 1 aliphatic rings. The highest BCUT2D eigenvalue weighted by Gasteiger charge is 2.18. The van der Waals surface area contributed by atoms with Gasteiger partial charge in [-0.25, -0.2) is 13.1 Å². The summed E-state index contributed by atoms with van der Waals surface area (Å²) in [6, 6.07) is 14.2. The van der Waals surface area contributed by atoms with E-state index < -0.39 is 10.0 Å². The third-order valence-corrected chi connectivity index (χ3v) is 6.40. The Hall–Kier alpha value is -1.81. The van der Waals surface area contributed by atoms with Crippen LogP contribution in [0.15, 0.2) is 52.3 Å². The lowest BCUT2D eigenvalue weighted by atomic mass is 10.1. The number of thioether (sulfide) groups is 1. The van der Waals surface area contributed by atoms with E-state index in [4.69, 9.17) is 5.26 Å². The molecule has 0 spiro atoms. The first-order chi connectivity index (χ1) is 11.1. The van der Waals surface area contributed by atoms with Crippen LogP contribution in [0.25, 0.3) is 0 Å². The molecule has 0 radical (unpaired) electrons. The van der Waals surface area contributed by atoms with Crippen molar-refractivity contribution in [3.05, 3.63) is 59.2 Å². The van der Waals surface area contributed by atoms with E-state index in [-0.39, 0.29) is 17.0 Å². The number of sulfonamides is 1. The lowest BCUT2D eigenvalue weighted by molar-refractivity contribution is 0.581. The maximum atomic E-state index is 12.4. The van der Waals surface area contributed by atoms with Crippen LogP contribution >= 0.6 is 11.8 Å². The van der Waals surface area contributed by atoms with Crippen molar-refractivity contribution in [2.75, 3.05) is 5.75 Å². The molecular weight excluding hydrogens is 328 g/mol. The number of nitrogens with one attached hydrogen (secondary N) is 1. The van der Waals surface area contributed by atoms with Gasteiger partial charge in [0.25, 0.3) is 0 Å². The minimum atomic E-state index is -3.70. The van der Waals surface area contributed by atoms with Crippen molar-refractivity contribution >= 4 is 21.8 Å². The second-order valence-electron chi connectivity index (χ2n) is 5.33. The Balaban J connectivity index is 1.78. The largest absolute Gasteiger partial charge is 0.242 e. The van der Waals surface area contributed by atoms with Crippen LogP contribution in [-0.4, -0.2) is 14.2 Å². The Morgan fingerprint density at radius 1 is 1.22 bits per heavy atom. The monoisotopic (exact) mass is 344 g/mol. The van der Waals surface area contributed by atoms with E-state index in [1.165, 1.54) is 22.6 Å². The Morgan fingerprint density at radius 3 is 2.87 bits per heavy atom. The zero-order valence-corrected chi connectivity index (χ0v) is 14.1. The third kappa shape index (κ3) is 3.58. The van der Waals surface area contributed by atoms with Gasteiger partial charge in [-0.15, -0.1) is 11.8 Å². The van der Waals surface area contributed by atoms with Gasteiger partial charge in [-0.2, -0.15) is 5.26 Å². The maximum absolute atomic E-state index is 12.4. The summed E-state index contributed by atoms with van der Waals surface area (Å²) in [5.41, 5.74) is 2.38. The topological polar surface area (TPSA) is 70.0 Å². The summed E-state index contributed by atoms with van der Waals surface area (Å²) in [4.78, 5) is 1.31. The van der Waals surface area contributed by atoms with Crippen molar-refractivity contribution in [1.29, 1.82) is 5.26 Å². The van der Waals surface area contributed by atoms with Crippen molar-refractivity contribution in [2.45, 2.75) is 29.2 Å². The van der Waals surface area contributed by atoms with E-state index in [9.17, 15) is 8.42 Å². The maximum Gasteiger partial charge on any atom is 0.242 e. The summed E-state index contributed by atoms with van der Waals surface area (Å²) in [7, 11) is -3.70. The highest BCUT2D eigenvalue weighted by atomic mass is 32.2. The van der Waals surface area contributed by atoms with Crippen molar-refractivity contribution in [2.24, 2.45) is 0 Å². The Labute approximate surface area is 140 Å². The van der Waals surface area contributed by atoms with Crippen LogP contribution < -0.4 is 4.72 Å². The number of aryl methyl sites for hydroxylation is 1. The summed E-state index contributed by atoms with van der Waals surface area (Å²) in [5.74, 6) is 1.14. The molecule has 1 heterocycles. The number of hydrogen-bond donors (Lipinski definition) is 1. The first-order valence-electron chi connectivity index (χ1n) is 7.33. The van der Waals surface area contributed by atoms with Gasteiger partial charge >= 0.3 is 0 Å². The molecule has 0 amide bonds. The van der Waals surface area contributed by atoms with Gasteiger partial charge < -0.3 is 0 Å². The summed E-state index contributed by atoms with van der Waals surface area (Å²) >= 11 is 1.85. The van der Waals surface area contributed by atoms with Crippen molar-refractivity contribution < 1.29 is 8.42 Å². The molecule has 0 fully saturated rings. The predicted molar refractivity (Wildman–Crippen MR) is 90.7 cm³/mol. The molecule has 6 heteroatoms. The van der Waals surface area contributed by atoms with Crippen LogP contribution in [0.5, 0.6) is 0 Å². The fourth-order valence-corrected chi connectivity index (χ4v) is 4.77. The molecule has 0 saturated carbocycles. The number of nitriles is 1. The lowest BCUT2D eigenvalue weighted by Gasteiger charge is -2.16. The summed E-state index contributed by atoms with van der Waals surface area (Å²) in [5, 5.41) is 9.05. The van der Waals surface area contributed by atoms with E-state index in [0.717, 1.165) is 24.2 Å². The number of nitrogens with zero attached hydrogens (tertiary/aromatic N) is 1. The van der Waals surface area contributed by atoms with Crippen molar-refractivity contribution in [1.82, 2.24) is 4.72 Å². The minimum absolute atomic E-state index is 0.0241. The molecule has 0 aromatic heterocycles. The zero-order chi connectivity index (χ0) is 16.3. The summed E-state index contributed by atoms with van der Waals surface area (Å²) in [6.45, 7) is 0.222. The molecule has 0 atom stereocenters. The average molecular weight is 344 g/mol. The molecule has 4 nitrogen and oxygen atoms in total. The molecule has 0 saturated heterocycles. The standard InChI is InChI=1S/C17H16N2O2S2/c18-11-15-4-1-2-6-17(15)23(20,21)19-12-13-7-8-16-14(10-13)5-3-9-22-16/h1-2,4,6-8,10,19H,3,5,9,12H2. The van der Waals surface area contributed by atoms with E-state index in [2.05, 4.69) is 16.9 Å². The highest BCUT2D eigenvalue weighted by molar-refractivity contribution is 7.99. The van der Waals surface area contributed by atoms with Crippen molar-refractivity contribution in [3.8, 4) is 6.07 Å². The third-order valence-electron chi connectivity index (χ3n) is 3.74. The minimum Gasteiger partial charge on any atom is -0.207 e. The normalized spacial score (nSPS) is 14.0. The van der Waals surface area contributed by atoms with Gasteiger partial charge in [-0.3, -0.25) is 0 Å². The van der Waals surface area contributed by atoms with Crippen LogP contribution in [0.3, 0.4) is 0 Å². The van der Waals surface area contributed by atoms with Gasteiger partial charge in [-0.1, -0.05) is 24.3 Å². The van der Waals surface area contributed by atoms with Crippen LogP contribution in [0.1, 0.15) is 23.1 Å². The smallest absolute Gasteiger partial charge is 0.207 e. The molecular formula is C17H16N2O2S2. The second-order valence-corrected chi connectivity index (χ2v) is 8.20. The first kappa shape index (κ1) is 16.1. The number of fused-ring (bicyclic) bond motifs is 1. The van der Waals surface area contributed by atoms with Gasteiger partial charge in [-0.05, 0) is 47.9 Å². The fourth-order valence-electron chi connectivity index (χ4n) is 2.57. The van der Waals surface area contributed by atoms with E-state index in [1.54, 1.807) is 12.1 Å². The van der Waals surface area contributed by atoms with Crippen LogP contribution in [0.4, 0.5) is 0 Å². The molecule has 0 unspecified atom stereocenters. The Morgan fingerprint density at radius 2 is 2.04 bits per heavy atom. The van der Waals surface area contributed by atoms with Gasteiger partial charge in [0.2, 0.25) is 10.0 Å². The van der Waals surface area contributed by atoms with Gasteiger partial charge in [0.05, 0.1) is 10.5 Å². The SMILES string of the molecule is N#Cc1ccccc1S(=O)(=O)NCc1ccc2c(c1)CCCS2. The average Bonchev–Trinajstić information content (AvgIpc) is 2.60. The van der Waals surface area contributed by atoms with Gasteiger partial charge in [0.1, 0.15) is 6.07 Å². The molecule has 1 aliphatic heterocycles. The zero-order valence-electron chi connectivity index (χ0n) is 12.5. The second kappa shape index (κ2) is 6.75. The quantitative estimate of drug-likeness (QED) is 0.925. The summed E-state index contributed by atoms with van der Waals surface area (Å²) < 4.78 is 27.4. The Kier molecular flexibility index (Phi) is 4.71. The molecule has 3 rings (SSSR count). The predicted octanol–water partition coefficient (Wildman–Crippen LogP) is 3.08. The molecule has 118 valence electrons. The van der Waals surface area contributed by atoms with E-state index in [0.29, 0.717) is 0 Å². The van der Waals surface area contributed by atoms with E-state index >= 15 is 0 Å². The van der Waals surface area contributed by atoms with Crippen molar-refractivity contribution in [3.63, 3.8) is 0 Å². The molecule has 2 aromatic rings. The van der Waals surface area contributed by atoms with Crippen LogP contribution in [-0.2, 0) is 23.0 Å². The lowest BCUT2D eigenvalue weighted by Crippen LogP contribution is -2.24. The number of rotatable bonds is 4. The molecule has 0 aliphatic carbocycles. The molecule has 2 aromatic carbocycles. The fraction of sp³-hybridized carbons (Fsp3) is 0.235. The molecule has 1 N–H and O–H groups in total. The molecule has 23 heavy (non-hydrogen) atoms.